The Bertz CT molecular complexity index is 1440. The van der Waals surface area contributed by atoms with Gasteiger partial charge >= 0.3 is 21.7 Å². The van der Waals surface area contributed by atoms with Crippen LogP contribution in [0.25, 0.3) is 0 Å². The van der Waals surface area contributed by atoms with Gasteiger partial charge in [-0.2, -0.15) is 12.2 Å². The summed E-state index contributed by atoms with van der Waals surface area (Å²) in [6.45, 7) is 12.4. The van der Waals surface area contributed by atoms with Crippen LogP contribution in [0, 0.1) is 58.4 Å². The van der Waals surface area contributed by atoms with Crippen molar-refractivity contribution in [3.8, 4) is 0 Å². The van der Waals surface area contributed by atoms with Crippen molar-refractivity contribution in [1.82, 2.24) is 0 Å². The van der Waals surface area contributed by atoms with Gasteiger partial charge in [0, 0.05) is 36.4 Å². The molecule has 2 fully saturated rings. The van der Waals surface area contributed by atoms with Crippen LogP contribution in [0.3, 0.4) is 0 Å². The standard InChI is InChI=1S/2C14H14F2NO2.2C5H5.Ti/c2*1-3-6-19-9-14(2)8-17(13(14)18)12-5-4-10(15)7-11(12)16;2*1-2-4-5-3-1;/h2*3-5H,1,6,8-9H2,2H3;2*1-3H,4H2;/q4*-1;+4. The largest absolute Gasteiger partial charge is 4.00 e. The van der Waals surface area contributed by atoms with Crippen molar-refractivity contribution in [1.29, 1.82) is 0 Å². The van der Waals surface area contributed by atoms with Crippen molar-refractivity contribution in [3.63, 3.8) is 0 Å². The van der Waals surface area contributed by atoms with Crippen molar-refractivity contribution in [3.05, 3.63) is 134 Å². The summed E-state index contributed by atoms with van der Waals surface area (Å²) >= 11 is 0. The van der Waals surface area contributed by atoms with Gasteiger partial charge < -0.3 is 19.3 Å². The number of rotatable bonds is 10. The Balaban J connectivity index is 0.000000260. The number of allylic oxidation sites excluding steroid dienone is 8. The first-order valence-corrected chi connectivity index (χ1v) is 15.1. The second-order valence-corrected chi connectivity index (χ2v) is 11.5. The molecule has 6 nitrogen and oxygen atoms in total. The number of benzene rings is 2. The maximum atomic E-state index is 13.5. The van der Waals surface area contributed by atoms with Crippen LogP contribution >= 0.6 is 0 Å². The Kier molecular flexibility index (Phi) is 16.9. The number of amides is 2. The maximum Gasteiger partial charge on any atom is 4.00 e. The number of hydrogen-bond donors (Lipinski definition) is 0. The van der Waals surface area contributed by atoms with Gasteiger partial charge in [-0.3, -0.25) is 21.7 Å². The second kappa shape index (κ2) is 20.0. The number of carbonyl (C=O) groups is 2. The summed E-state index contributed by atoms with van der Waals surface area (Å²) in [5.74, 6) is -3.77. The molecule has 0 radical (unpaired) electrons. The predicted octanol–water partition coefficient (Wildman–Crippen LogP) is 7.25. The fourth-order valence-electron chi connectivity index (χ4n) is 4.75. The Labute approximate surface area is 301 Å². The molecule has 0 bridgehead atoms. The van der Waals surface area contributed by atoms with Gasteiger partial charge in [0.25, 0.3) is 0 Å². The van der Waals surface area contributed by atoms with Gasteiger partial charge in [0.2, 0.25) is 11.8 Å². The molecule has 2 aliphatic heterocycles. The molecule has 0 aromatic heterocycles. The van der Waals surface area contributed by atoms with Crippen LogP contribution < -0.4 is 9.80 Å². The van der Waals surface area contributed by atoms with E-state index in [2.05, 4.69) is 37.5 Å². The summed E-state index contributed by atoms with van der Waals surface area (Å²) in [5.41, 5.74) is -1.23. The van der Waals surface area contributed by atoms with E-state index in [-0.39, 0.29) is 58.1 Å². The molecule has 2 saturated heterocycles. The van der Waals surface area contributed by atoms with Gasteiger partial charge in [0.1, 0.15) is 0 Å². The molecule has 2 unspecified atom stereocenters. The zero-order valence-corrected chi connectivity index (χ0v) is 29.1. The van der Waals surface area contributed by atoms with Crippen LogP contribution in [0.2, 0.25) is 0 Å². The van der Waals surface area contributed by atoms with Crippen LogP contribution in [0.5, 0.6) is 0 Å². The van der Waals surface area contributed by atoms with E-state index in [4.69, 9.17) is 9.47 Å². The molecule has 4 aliphatic rings. The summed E-state index contributed by atoms with van der Waals surface area (Å²) < 4.78 is 63.1. The number of halogens is 4. The van der Waals surface area contributed by atoms with Crippen LogP contribution in [0.4, 0.5) is 28.9 Å². The monoisotopic (exact) mass is 710 g/mol. The third-order valence-corrected chi connectivity index (χ3v) is 7.29. The van der Waals surface area contributed by atoms with Crippen molar-refractivity contribution in [2.45, 2.75) is 26.7 Å². The summed E-state index contributed by atoms with van der Waals surface area (Å²) in [6, 6.07) is 8.47. The summed E-state index contributed by atoms with van der Waals surface area (Å²) in [5, 5.41) is 0. The minimum absolute atomic E-state index is 0. The number of carbonyl (C=O) groups excluding carboxylic acids is 2. The molecule has 49 heavy (non-hydrogen) atoms. The molecule has 256 valence electrons. The molecule has 2 aliphatic carbocycles. The zero-order chi connectivity index (χ0) is 35.2. The van der Waals surface area contributed by atoms with Crippen LogP contribution in [0.15, 0.2) is 86.0 Å². The Morgan fingerprint density at radius 1 is 0.735 bits per heavy atom. The topological polar surface area (TPSA) is 59.1 Å². The molecular weight excluding hydrogens is 672 g/mol. The molecule has 2 aromatic rings. The number of hydrogen-bond acceptors (Lipinski definition) is 4. The zero-order valence-electron chi connectivity index (χ0n) is 27.5. The minimum atomic E-state index is -0.859. The van der Waals surface area contributed by atoms with Crippen molar-refractivity contribution in [2.75, 3.05) is 49.3 Å². The quantitative estimate of drug-likeness (QED) is 0.0652. The van der Waals surface area contributed by atoms with E-state index in [9.17, 15) is 27.2 Å². The Hall–Kier alpha value is -3.83. The van der Waals surface area contributed by atoms with E-state index in [1.165, 1.54) is 21.9 Å². The predicted molar refractivity (Wildman–Crippen MR) is 176 cm³/mol. The third kappa shape index (κ3) is 11.6. The van der Waals surface area contributed by atoms with Gasteiger partial charge in [0.05, 0.1) is 37.3 Å². The fraction of sp³-hybridized carbons (Fsp3) is 0.316. The van der Waals surface area contributed by atoms with Gasteiger partial charge in [-0.15, -0.1) is 62.4 Å². The van der Waals surface area contributed by atoms with E-state index < -0.39 is 34.1 Å². The second-order valence-electron chi connectivity index (χ2n) is 11.5. The molecule has 0 spiro atoms. The van der Waals surface area contributed by atoms with E-state index >= 15 is 0 Å². The number of anilines is 2. The molecule has 2 aromatic carbocycles. The smallest absolute Gasteiger partial charge is 0.376 e. The Morgan fingerprint density at radius 2 is 1.12 bits per heavy atom. The molecule has 6 rings (SSSR count). The first-order valence-electron chi connectivity index (χ1n) is 15.1. The van der Waals surface area contributed by atoms with Gasteiger partial charge in [-0.25, -0.2) is 41.9 Å². The van der Waals surface area contributed by atoms with Crippen LogP contribution in [0.1, 0.15) is 26.7 Å². The van der Waals surface area contributed by atoms with E-state index in [1.54, 1.807) is 26.0 Å². The minimum Gasteiger partial charge on any atom is -0.376 e. The molecule has 2 heterocycles. The number of nitrogens with zero attached hydrogens (tertiary/aromatic N) is 2. The molecule has 0 N–H and O–H groups in total. The average Bonchev–Trinajstić information content (AvgIpc) is 3.84. The molecule has 0 saturated carbocycles. The molecule has 11 heteroatoms. The van der Waals surface area contributed by atoms with Crippen molar-refractivity contribution in [2.24, 2.45) is 10.8 Å². The summed E-state index contributed by atoms with van der Waals surface area (Å²) in [4.78, 5) is 26.7. The van der Waals surface area contributed by atoms with Gasteiger partial charge in [0.15, 0.2) is 0 Å². The van der Waals surface area contributed by atoms with Crippen LogP contribution in [-0.2, 0) is 40.8 Å². The number of ether oxygens (including phenoxy) is 2. The fourth-order valence-corrected chi connectivity index (χ4v) is 4.75. The number of β-lactam (4-membered cyclic amide) rings is 2. The van der Waals surface area contributed by atoms with E-state index in [0.717, 1.165) is 25.0 Å². The maximum absolute atomic E-state index is 13.5. The first-order chi connectivity index (χ1) is 23.0. The Morgan fingerprint density at radius 3 is 1.37 bits per heavy atom. The van der Waals surface area contributed by atoms with Crippen LogP contribution in [-0.4, -0.2) is 51.3 Å². The molecule has 2 amide bonds. The third-order valence-electron chi connectivity index (χ3n) is 7.29. The summed E-state index contributed by atoms with van der Waals surface area (Å²) in [6.07, 6.45) is 23.2. The normalized spacial score (nSPS) is 20.9. The van der Waals surface area contributed by atoms with E-state index in [1.807, 2.05) is 36.4 Å². The first kappa shape index (κ1) is 41.3. The average molecular weight is 711 g/mol. The van der Waals surface area contributed by atoms with E-state index in [0.29, 0.717) is 26.3 Å². The van der Waals surface area contributed by atoms with Crippen molar-refractivity contribution < 1.29 is 58.3 Å². The molecule has 2 atom stereocenters. The van der Waals surface area contributed by atoms with Gasteiger partial charge in [-0.05, 0) is 25.2 Å². The van der Waals surface area contributed by atoms with Crippen molar-refractivity contribution >= 4 is 23.2 Å². The SMILES string of the molecule is C=CCOCC1(C)CN(c2ccc(F)[c-]c2F)C1=O.C=CCOCC1(C)CN(c2ccc(F)[c-]c2F)C1=O.[C-]1=CC=CC1.[C-]1=CC=CC1.[Ti+4]. The molecular formula is C38H38F4N2O4Ti. The summed E-state index contributed by atoms with van der Waals surface area (Å²) in [7, 11) is 0. The van der Waals surface area contributed by atoms with Gasteiger partial charge in [-0.1, -0.05) is 12.2 Å².